The summed E-state index contributed by atoms with van der Waals surface area (Å²) in [6, 6.07) is 1.87. The molecule has 0 fully saturated rings. The quantitative estimate of drug-likeness (QED) is 0.555. The van der Waals surface area contributed by atoms with E-state index in [0.717, 1.165) is 25.2 Å². The van der Waals surface area contributed by atoms with Gasteiger partial charge in [0.25, 0.3) is 0 Å². The highest BCUT2D eigenvalue weighted by Crippen LogP contribution is 2.25. The average Bonchev–Trinajstić information content (AvgIpc) is 2.04. The molecule has 1 aliphatic heterocycles. The van der Waals surface area contributed by atoms with E-state index in [4.69, 9.17) is 16.3 Å². The number of ether oxygens (including phenoxy) is 1. The summed E-state index contributed by atoms with van der Waals surface area (Å²) in [7, 11) is 0. The van der Waals surface area contributed by atoms with E-state index in [9.17, 15) is 0 Å². The Morgan fingerprint density at radius 2 is 2.45 bits per heavy atom. The summed E-state index contributed by atoms with van der Waals surface area (Å²) in [6.07, 6.45) is 3.82. The van der Waals surface area contributed by atoms with Gasteiger partial charge in [0.15, 0.2) is 0 Å². The maximum Gasteiger partial charge on any atom is 0.140 e. The van der Waals surface area contributed by atoms with Gasteiger partial charge < -0.3 is 4.74 Å². The number of fused-ring (bicyclic) bond motifs is 1. The van der Waals surface area contributed by atoms with Gasteiger partial charge in [0.1, 0.15) is 10.9 Å². The second-order valence-corrected chi connectivity index (χ2v) is 2.95. The van der Waals surface area contributed by atoms with E-state index in [1.807, 2.05) is 6.07 Å². The predicted molar refractivity (Wildman–Crippen MR) is 43.1 cm³/mol. The Kier molecular flexibility index (Phi) is 1.70. The second kappa shape index (κ2) is 2.70. The van der Waals surface area contributed by atoms with E-state index in [2.05, 4.69) is 4.98 Å². The van der Waals surface area contributed by atoms with Crippen LogP contribution in [0.4, 0.5) is 0 Å². The van der Waals surface area contributed by atoms with Crippen LogP contribution in [0.5, 0.6) is 5.75 Å². The Morgan fingerprint density at radius 3 is 3.36 bits per heavy atom. The van der Waals surface area contributed by atoms with Crippen LogP contribution in [0.2, 0.25) is 5.15 Å². The minimum Gasteiger partial charge on any atom is -0.492 e. The van der Waals surface area contributed by atoms with Crippen molar-refractivity contribution >= 4 is 11.6 Å². The number of halogens is 1. The van der Waals surface area contributed by atoms with Crippen LogP contribution in [0.15, 0.2) is 12.3 Å². The Hall–Kier alpha value is -0.760. The fourth-order valence-electron chi connectivity index (χ4n) is 1.23. The van der Waals surface area contributed by atoms with Gasteiger partial charge in [-0.3, -0.25) is 0 Å². The molecule has 0 saturated carbocycles. The third-order valence-electron chi connectivity index (χ3n) is 1.76. The van der Waals surface area contributed by atoms with Crippen LogP contribution in [0.1, 0.15) is 12.0 Å². The zero-order valence-electron chi connectivity index (χ0n) is 6.01. The first kappa shape index (κ1) is 6.92. The molecule has 0 saturated heterocycles. The molecule has 0 unspecified atom stereocenters. The van der Waals surface area contributed by atoms with Crippen molar-refractivity contribution in [3.05, 3.63) is 23.0 Å². The highest BCUT2D eigenvalue weighted by molar-refractivity contribution is 6.29. The third-order valence-corrected chi connectivity index (χ3v) is 1.97. The number of aromatic nitrogens is 1. The Bertz CT molecular complexity index is 275. The molecule has 11 heavy (non-hydrogen) atoms. The molecule has 3 heteroatoms. The van der Waals surface area contributed by atoms with Crippen molar-refractivity contribution < 1.29 is 4.74 Å². The zero-order chi connectivity index (χ0) is 7.68. The first-order valence-electron chi connectivity index (χ1n) is 3.63. The van der Waals surface area contributed by atoms with Crippen LogP contribution >= 0.6 is 11.6 Å². The number of rotatable bonds is 0. The van der Waals surface area contributed by atoms with E-state index >= 15 is 0 Å². The molecule has 0 N–H and O–H groups in total. The number of hydrogen-bond donors (Lipinski definition) is 0. The SMILES string of the molecule is Clc1cc2c(cn1)OCCC2. The van der Waals surface area contributed by atoms with E-state index in [1.54, 1.807) is 6.20 Å². The summed E-state index contributed by atoms with van der Waals surface area (Å²) in [6.45, 7) is 0.802. The standard InChI is InChI=1S/C8H8ClNO/c9-8-4-6-2-1-3-11-7(6)5-10-8/h4-5H,1-3H2. The molecule has 1 aromatic rings. The normalized spacial score (nSPS) is 15.4. The van der Waals surface area contributed by atoms with Crippen molar-refractivity contribution in [3.63, 3.8) is 0 Å². The van der Waals surface area contributed by atoms with Crippen LogP contribution in [0.25, 0.3) is 0 Å². The fraction of sp³-hybridized carbons (Fsp3) is 0.375. The first-order chi connectivity index (χ1) is 5.36. The zero-order valence-corrected chi connectivity index (χ0v) is 6.77. The molecule has 0 radical (unpaired) electrons. The minimum atomic E-state index is 0.550. The van der Waals surface area contributed by atoms with Gasteiger partial charge in [0.05, 0.1) is 12.8 Å². The number of pyridine rings is 1. The van der Waals surface area contributed by atoms with Gasteiger partial charge in [0.2, 0.25) is 0 Å². The summed E-state index contributed by atoms with van der Waals surface area (Å²) in [5.41, 5.74) is 1.18. The fourth-order valence-corrected chi connectivity index (χ4v) is 1.41. The molecule has 0 aromatic carbocycles. The molecular formula is C8H8ClNO. The second-order valence-electron chi connectivity index (χ2n) is 2.57. The number of hydrogen-bond acceptors (Lipinski definition) is 2. The smallest absolute Gasteiger partial charge is 0.140 e. The van der Waals surface area contributed by atoms with Crippen molar-refractivity contribution in [2.45, 2.75) is 12.8 Å². The highest BCUT2D eigenvalue weighted by atomic mass is 35.5. The van der Waals surface area contributed by atoms with Gasteiger partial charge >= 0.3 is 0 Å². The van der Waals surface area contributed by atoms with Gasteiger partial charge in [-0.05, 0) is 24.5 Å². The molecule has 2 nitrogen and oxygen atoms in total. The lowest BCUT2D eigenvalue weighted by molar-refractivity contribution is 0.287. The molecule has 0 spiro atoms. The van der Waals surface area contributed by atoms with Crippen molar-refractivity contribution in [3.8, 4) is 5.75 Å². The van der Waals surface area contributed by atoms with E-state index in [1.165, 1.54) is 5.56 Å². The van der Waals surface area contributed by atoms with Crippen molar-refractivity contribution in [1.82, 2.24) is 4.98 Å². The van der Waals surface area contributed by atoms with Gasteiger partial charge in [-0.2, -0.15) is 0 Å². The average molecular weight is 170 g/mol. The van der Waals surface area contributed by atoms with Crippen LogP contribution in [0, 0.1) is 0 Å². The predicted octanol–water partition coefficient (Wildman–Crippen LogP) is 2.06. The monoisotopic (exact) mass is 169 g/mol. The van der Waals surface area contributed by atoms with Crippen LogP contribution in [-0.4, -0.2) is 11.6 Å². The summed E-state index contributed by atoms with van der Waals surface area (Å²) < 4.78 is 5.36. The van der Waals surface area contributed by atoms with Gasteiger partial charge in [-0.1, -0.05) is 11.6 Å². The molecular weight excluding hydrogens is 162 g/mol. The molecule has 0 atom stereocenters. The van der Waals surface area contributed by atoms with Crippen molar-refractivity contribution in [1.29, 1.82) is 0 Å². The summed E-state index contributed by atoms with van der Waals surface area (Å²) in [5.74, 6) is 0.889. The highest BCUT2D eigenvalue weighted by Gasteiger charge is 2.10. The molecule has 0 aliphatic carbocycles. The molecule has 1 aromatic heterocycles. The first-order valence-corrected chi connectivity index (χ1v) is 4.01. The van der Waals surface area contributed by atoms with Crippen LogP contribution in [-0.2, 0) is 6.42 Å². The lowest BCUT2D eigenvalue weighted by Crippen LogP contribution is -2.08. The molecule has 1 aliphatic rings. The van der Waals surface area contributed by atoms with Crippen molar-refractivity contribution in [2.24, 2.45) is 0 Å². The molecule has 0 bridgehead atoms. The molecule has 58 valence electrons. The molecule has 2 rings (SSSR count). The number of aryl methyl sites for hydroxylation is 1. The summed E-state index contributed by atoms with van der Waals surface area (Å²) >= 11 is 5.71. The Balaban J connectivity index is 2.43. The van der Waals surface area contributed by atoms with E-state index in [-0.39, 0.29) is 0 Å². The van der Waals surface area contributed by atoms with Crippen LogP contribution < -0.4 is 4.74 Å². The minimum absolute atomic E-state index is 0.550. The Morgan fingerprint density at radius 1 is 1.55 bits per heavy atom. The van der Waals surface area contributed by atoms with Crippen LogP contribution in [0.3, 0.4) is 0 Å². The summed E-state index contributed by atoms with van der Waals surface area (Å²) in [4.78, 5) is 3.93. The molecule has 0 amide bonds. The number of nitrogens with zero attached hydrogens (tertiary/aromatic N) is 1. The van der Waals surface area contributed by atoms with E-state index in [0.29, 0.717) is 5.15 Å². The lowest BCUT2D eigenvalue weighted by atomic mass is 10.1. The topological polar surface area (TPSA) is 22.1 Å². The summed E-state index contributed by atoms with van der Waals surface area (Å²) in [5, 5.41) is 0.550. The van der Waals surface area contributed by atoms with Gasteiger partial charge in [0, 0.05) is 0 Å². The van der Waals surface area contributed by atoms with Crippen molar-refractivity contribution in [2.75, 3.05) is 6.61 Å². The third kappa shape index (κ3) is 1.31. The molecule has 2 heterocycles. The lowest BCUT2D eigenvalue weighted by Gasteiger charge is -2.15. The van der Waals surface area contributed by atoms with E-state index < -0.39 is 0 Å². The largest absolute Gasteiger partial charge is 0.492 e. The Labute approximate surface area is 70.2 Å². The van der Waals surface area contributed by atoms with Gasteiger partial charge in [-0.25, -0.2) is 4.98 Å². The maximum atomic E-state index is 5.71. The maximum absolute atomic E-state index is 5.71. The van der Waals surface area contributed by atoms with Gasteiger partial charge in [-0.15, -0.1) is 0 Å².